The van der Waals surface area contributed by atoms with Crippen molar-refractivity contribution in [1.29, 1.82) is 0 Å². The third-order valence-corrected chi connectivity index (χ3v) is 14.6. The zero-order valence-corrected chi connectivity index (χ0v) is 38.0. The van der Waals surface area contributed by atoms with E-state index in [1.54, 1.807) is 45.7 Å². The molecule has 4 saturated heterocycles. The number of rotatable bonds is 11. The molecule has 4 aromatic rings. The number of likely N-dealkylation sites (tertiary alicyclic amines) is 2. The summed E-state index contributed by atoms with van der Waals surface area (Å²) in [6.07, 6.45) is 2.38. The third kappa shape index (κ3) is 7.97. The van der Waals surface area contributed by atoms with Crippen molar-refractivity contribution in [3.8, 4) is 22.6 Å². The molecular formula is C46H50F2N8O9S. The number of anilines is 1. The molecule has 2 unspecified atom stereocenters. The van der Waals surface area contributed by atoms with Gasteiger partial charge < -0.3 is 34.1 Å². The van der Waals surface area contributed by atoms with Gasteiger partial charge in [0.2, 0.25) is 17.7 Å². The fourth-order valence-electron chi connectivity index (χ4n) is 10.1. The van der Waals surface area contributed by atoms with E-state index in [0.717, 1.165) is 38.8 Å². The Morgan fingerprint density at radius 3 is 2.29 bits per heavy atom. The molecule has 2 N–H and O–H groups in total. The quantitative estimate of drug-likeness (QED) is 0.210. The fourth-order valence-corrected chi connectivity index (χ4v) is 11.1. The standard InChI is InChI=1S/C46H50F2N8O9S/c1-51(2)18-31-33(64-4)14-25(15-34(31)65-5)30-19-52(3)42(61)29-17-35(66-39(29)30)41(60)49-36-10-12-54(24-46(36,47)48)38(58)20-53-13-11-45(21-53)22-55(23-45)26-6-7-27-28(16-26)44(63)56(43(27)62)32-8-9-37(57)50-40(32)59/h6-7,14-17,19,32,36H,8-13,18,20-24H2,1-5H3,(H,49,60)(H,50,57,59). The zero-order chi connectivity index (χ0) is 47.0. The topological polar surface area (TPSA) is 183 Å². The molecule has 0 radical (unpaired) electrons. The van der Waals surface area contributed by atoms with Gasteiger partial charge in [-0.25, -0.2) is 8.78 Å². The molecule has 17 nitrogen and oxygen atoms in total. The minimum atomic E-state index is -3.43. The van der Waals surface area contributed by atoms with Gasteiger partial charge in [-0.15, -0.1) is 11.3 Å². The van der Waals surface area contributed by atoms with Crippen molar-refractivity contribution in [2.45, 2.75) is 50.2 Å². The monoisotopic (exact) mass is 928 g/mol. The molecule has 348 valence electrons. The van der Waals surface area contributed by atoms with Gasteiger partial charge in [-0.05, 0) is 81.9 Å². The highest BCUT2D eigenvalue weighted by Crippen LogP contribution is 2.44. The first-order valence-electron chi connectivity index (χ1n) is 21.7. The molecule has 66 heavy (non-hydrogen) atoms. The highest BCUT2D eigenvalue weighted by atomic mass is 32.1. The van der Waals surface area contributed by atoms with Crippen molar-refractivity contribution in [1.82, 2.24) is 34.8 Å². The van der Waals surface area contributed by atoms with E-state index in [0.29, 0.717) is 60.0 Å². The fraction of sp³-hybridized carbons (Fsp3) is 0.457. The predicted octanol–water partition coefficient (Wildman–Crippen LogP) is 2.93. The van der Waals surface area contributed by atoms with E-state index < -0.39 is 60.0 Å². The van der Waals surface area contributed by atoms with E-state index >= 15 is 8.78 Å². The third-order valence-electron chi connectivity index (χ3n) is 13.4. The van der Waals surface area contributed by atoms with Crippen LogP contribution in [0.5, 0.6) is 11.5 Å². The van der Waals surface area contributed by atoms with Gasteiger partial charge >= 0.3 is 0 Å². The summed E-state index contributed by atoms with van der Waals surface area (Å²) in [5, 5.41) is 4.97. The van der Waals surface area contributed by atoms with E-state index in [1.807, 2.05) is 36.0 Å². The van der Waals surface area contributed by atoms with Gasteiger partial charge in [0, 0.05) is 73.8 Å². The van der Waals surface area contributed by atoms with Crippen LogP contribution in [0.25, 0.3) is 21.2 Å². The molecule has 2 aromatic heterocycles. The summed E-state index contributed by atoms with van der Waals surface area (Å²) in [6.45, 7) is 2.12. The lowest BCUT2D eigenvalue weighted by molar-refractivity contribution is -0.145. The Kier molecular flexibility index (Phi) is 11.5. The number of alkyl halides is 2. The molecule has 0 bridgehead atoms. The second kappa shape index (κ2) is 16.9. The maximum atomic E-state index is 15.8. The number of aryl methyl sites for hydroxylation is 1. The SMILES string of the molecule is COc1cc(-c2cn(C)c(=O)c3cc(C(=O)NC4CCN(C(=O)CN5CCC6(C5)CN(c5ccc7c(c5)C(=O)N(C5CCC(=O)NC5=O)C7=O)C6)CC4(F)F)sc23)cc(OC)c1CN(C)C. The number of aromatic nitrogens is 1. The number of thiophene rings is 1. The number of fused-ring (bicyclic) bond motifs is 2. The molecule has 4 fully saturated rings. The van der Waals surface area contributed by atoms with Crippen molar-refractivity contribution in [2.24, 2.45) is 12.5 Å². The first-order chi connectivity index (χ1) is 31.4. The molecule has 0 saturated carbocycles. The smallest absolute Gasteiger partial charge is 0.285 e. The van der Waals surface area contributed by atoms with Crippen molar-refractivity contribution in [3.63, 3.8) is 0 Å². The highest BCUT2D eigenvalue weighted by Gasteiger charge is 2.51. The van der Waals surface area contributed by atoms with Crippen LogP contribution in [0.4, 0.5) is 14.5 Å². The number of hydrogen-bond donors (Lipinski definition) is 2. The number of nitrogens with zero attached hydrogens (tertiary/aromatic N) is 6. The lowest BCUT2D eigenvalue weighted by atomic mass is 9.78. The van der Waals surface area contributed by atoms with E-state index in [4.69, 9.17) is 9.47 Å². The lowest BCUT2D eigenvalue weighted by Gasteiger charge is -2.49. The van der Waals surface area contributed by atoms with Gasteiger partial charge in [0.15, 0.2) is 0 Å². The van der Waals surface area contributed by atoms with E-state index in [-0.39, 0.29) is 64.7 Å². The van der Waals surface area contributed by atoms with Crippen molar-refractivity contribution >= 4 is 62.6 Å². The first-order valence-corrected chi connectivity index (χ1v) is 22.5. The van der Waals surface area contributed by atoms with Crippen LogP contribution in [0.2, 0.25) is 0 Å². The number of methoxy groups -OCH3 is 2. The van der Waals surface area contributed by atoms with Crippen LogP contribution in [-0.4, -0.2) is 152 Å². The number of carbonyl (C=O) groups is 6. The summed E-state index contributed by atoms with van der Waals surface area (Å²) in [5.41, 5.74) is 2.79. The van der Waals surface area contributed by atoms with Crippen LogP contribution in [0.15, 0.2) is 47.4 Å². The first kappa shape index (κ1) is 44.9. The number of amides is 6. The van der Waals surface area contributed by atoms with Crippen LogP contribution >= 0.6 is 11.3 Å². The second-order valence-electron chi connectivity index (χ2n) is 18.3. The summed E-state index contributed by atoms with van der Waals surface area (Å²) in [5.74, 6) is -5.70. The minimum Gasteiger partial charge on any atom is -0.496 e. The number of benzene rings is 2. The van der Waals surface area contributed by atoms with Crippen molar-refractivity contribution in [2.75, 3.05) is 79.0 Å². The number of halogens is 2. The summed E-state index contributed by atoms with van der Waals surface area (Å²) in [6, 6.07) is 7.52. The number of pyridine rings is 1. The number of imide groups is 2. The Morgan fingerprint density at radius 1 is 0.909 bits per heavy atom. The Morgan fingerprint density at radius 2 is 1.62 bits per heavy atom. The molecule has 5 aliphatic rings. The van der Waals surface area contributed by atoms with E-state index in [2.05, 4.69) is 15.5 Å². The Labute approximate surface area is 382 Å². The second-order valence-corrected chi connectivity index (χ2v) is 19.3. The van der Waals surface area contributed by atoms with Crippen LogP contribution in [-0.2, 0) is 28.0 Å². The Balaban J connectivity index is 0.806. The van der Waals surface area contributed by atoms with Crippen LogP contribution in [0.3, 0.4) is 0 Å². The number of nitrogens with one attached hydrogen (secondary N) is 2. The molecule has 2 atom stereocenters. The van der Waals surface area contributed by atoms with Crippen LogP contribution < -0.4 is 30.6 Å². The maximum absolute atomic E-state index is 15.8. The molecule has 5 aliphatic heterocycles. The number of hydrogen-bond acceptors (Lipinski definition) is 13. The van der Waals surface area contributed by atoms with Crippen LogP contribution in [0, 0.1) is 5.41 Å². The van der Waals surface area contributed by atoms with Gasteiger partial charge in [0.25, 0.3) is 29.2 Å². The summed E-state index contributed by atoms with van der Waals surface area (Å²) in [4.78, 5) is 99.3. The normalized spacial score (nSPS) is 21.4. The Hall–Kier alpha value is -6.25. The van der Waals surface area contributed by atoms with Crippen LogP contribution in [0.1, 0.15) is 61.6 Å². The number of carbonyl (C=O) groups excluding carboxylic acids is 6. The number of ether oxygens (including phenoxy) is 2. The highest BCUT2D eigenvalue weighted by molar-refractivity contribution is 7.21. The van der Waals surface area contributed by atoms with Crippen molar-refractivity contribution in [3.05, 3.63) is 74.5 Å². The molecule has 20 heteroatoms. The summed E-state index contributed by atoms with van der Waals surface area (Å²) >= 11 is 1.04. The summed E-state index contributed by atoms with van der Waals surface area (Å²) < 4.78 is 45.0. The van der Waals surface area contributed by atoms with Gasteiger partial charge in [-0.3, -0.25) is 48.7 Å². The molecule has 2 aromatic carbocycles. The molecule has 6 amide bonds. The average molecular weight is 929 g/mol. The average Bonchev–Trinajstić information content (AvgIpc) is 3.97. The summed E-state index contributed by atoms with van der Waals surface area (Å²) in [7, 11) is 8.57. The number of piperidine rings is 2. The lowest BCUT2D eigenvalue weighted by Crippen LogP contribution is -2.60. The molecule has 1 spiro atoms. The maximum Gasteiger partial charge on any atom is 0.285 e. The molecule has 7 heterocycles. The van der Waals surface area contributed by atoms with Gasteiger partial charge in [-0.2, -0.15) is 0 Å². The van der Waals surface area contributed by atoms with E-state index in [1.165, 1.54) is 10.6 Å². The van der Waals surface area contributed by atoms with Gasteiger partial charge in [0.05, 0.1) is 60.3 Å². The predicted molar refractivity (Wildman–Crippen MR) is 239 cm³/mol. The zero-order valence-electron chi connectivity index (χ0n) is 37.2. The van der Waals surface area contributed by atoms with E-state index in [9.17, 15) is 33.6 Å². The molecule has 9 rings (SSSR count). The Bertz CT molecular complexity index is 2760. The van der Waals surface area contributed by atoms with Gasteiger partial charge in [-0.1, -0.05) is 0 Å². The largest absolute Gasteiger partial charge is 0.496 e. The molecular weight excluding hydrogens is 879 g/mol. The van der Waals surface area contributed by atoms with Crippen molar-refractivity contribution < 1.29 is 47.0 Å². The minimum absolute atomic E-state index is 0.0250. The molecule has 0 aliphatic carbocycles. The van der Waals surface area contributed by atoms with Gasteiger partial charge in [0.1, 0.15) is 17.5 Å².